The first-order valence-corrected chi connectivity index (χ1v) is 6.70. The summed E-state index contributed by atoms with van der Waals surface area (Å²) in [4.78, 5) is 0. The van der Waals surface area contributed by atoms with Crippen molar-refractivity contribution >= 4 is 40.1 Å². The van der Waals surface area contributed by atoms with E-state index in [-0.39, 0.29) is 18.3 Å². The Labute approximate surface area is 116 Å². The van der Waals surface area contributed by atoms with E-state index >= 15 is 0 Å². The minimum atomic E-state index is -0.366. The van der Waals surface area contributed by atoms with Crippen LogP contribution in [-0.4, -0.2) is 18.3 Å². The lowest BCUT2D eigenvalue weighted by atomic mass is 9.79. The molecule has 0 aliphatic carbocycles. The molecule has 1 aliphatic heterocycles. The Morgan fingerprint density at radius 1 is 1.06 bits per heavy atom. The van der Waals surface area contributed by atoms with Crippen LogP contribution in [0.3, 0.4) is 0 Å². The van der Waals surface area contributed by atoms with Gasteiger partial charge in [-0.15, -0.1) is 0 Å². The first kappa shape index (κ1) is 13.4. The predicted octanol–water partition coefficient (Wildman–Crippen LogP) is 3.40. The standard InChI is InChI=1S/C12H15BBrClO2/c1-11(2)12(3,4)17-13(16-11)8-5-9(14)7-10(15)6-8/h5-7H,1-4H3. The summed E-state index contributed by atoms with van der Waals surface area (Å²) < 4.78 is 12.8. The molecule has 92 valence electrons. The summed E-state index contributed by atoms with van der Waals surface area (Å²) in [5, 5.41) is 0.670. The van der Waals surface area contributed by atoms with Crippen LogP contribution in [0.2, 0.25) is 5.02 Å². The zero-order valence-electron chi connectivity index (χ0n) is 10.4. The van der Waals surface area contributed by atoms with Crippen LogP contribution in [0.5, 0.6) is 0 Å². The summed E-state index contributed by atoms with van der Waals surface area (Å²) in [6.07, 6.45) is 0. The molecule has 0 spiro atoms. The molecular weight excluding hydrogens is 302 g/mol. The monoisotopic (exact) mass is 316 g/mol. The third-order valence-electron chi connectivity index (χ3n) is 3.41. The zero-order valence-corrected chi connectivity index (χ0v) is 12.7. The largest absolute Gasteiger partial charge is 0.494 e. The molecule has 0 bridgehead atoms. The van der Waals surface area contributed by atoms with Crippen molar-refractivity contribution in [3.63, 3.8) is 0 Å². The fraction of sp³-hybridized carbons (Fsp3) is 0.500. The molecule has 2 nitrogen and oxygen atoms in total. The topological polar surface area (TPSA) is 18.5 Å². The number of rotatable bonds is 1. The molecule has 0 N–H and O–H groups in total. The highest BCUT2D eigenvalue weighted by Crippen LogP contribution is 2.36. The average molecular weight is 317 g/mol. The molecule has 0 atom stereocenters. The third kappa shape index (κ3) is 2.55. The van der Waals surface area contributed by atoms with Crippen LogP contribution < -0.4 is 5.46 Å². The van der Waals surface area contributed by atoms with Gasteiger partial charge in [0.05, 0.1) is 11.2 Å². The van der Waals surface area contributed by atoms with Crippen molar-refractivity contribution in [3.8, 4) is 0 Å². The van der Waals surface area contributed by atoms with E-state index in [0.29, 0.717) is 5.02 Å². The Hall–Kier alpha value is -0.0251. The highest BCUT2D eigenvalue weighted by Gasteiger charge is 2.51. The van der Waals surface area contributed by atoms with Gasteiger partial charge in [-0.2, -0.15) is 0 Å². The second kappa shape index (κ2) is 4.27. The molecule has 0 aromatic heterocycles. The van der Waals surface area contributed by atoms with E-state index in [1.54, 1.807) is 0 Å². The predicted molar refractivity (Wildman–Crippen MR) is 74.9 cm³/mol. The van der Waals surface area contributed by atoms with Gasteiger partial charge in [-0.1, -0.05) is 27.5 Å². The van der Waals surface area contributed by atoms with Gasteiger partial charge in [-0.25, -0.2) is 0 Å². The van der Waals surface area contributed by atoms with E-state index in [1.165, 1.54) is 0 Å². The minimum absolute atomic E-state index is 0.327. The van der Waals surface area contributed by atoms with Crippen molar-refractivity contribution in [3.05, 3.63) is 27.7 Å². The molecule has 0 amide bonds. The number of halogens is 2. The van der Waals surface area contributed by atoms with E-state index in [9.17, 15) is 0 Å². The SMILES string of the molecule is CC1(C)OB(c2cc(Cl)cc(Br)c2)OC1(C)C. The summed E-state index contributed by atoms with van der Waals surface area (Å²) in [6, 6.07) is 5.68. The molecule has 0 radical (unpaired) electrons. The van der Waals surface area contributed by atoms with E-state index < -0.39 is 0 Å². The molecule has 0 unspecified atom stereocenters. The van der Waals surface area contributed by atoms with Crippen LogP contribution in [0.1, 0.15) is 27.7 Å². The van der Waals surface area contributed by atoms with E-state index in [4.69, 9.17) is 20.9 Å². The molecule has 1 fully saturated rings. The van der Waals surface area contributed by atoms with Crippen LogP contribution >= 0.6 is 27.5 Å². The first-order chi connectivity index (χ1) is 7.71. The van der Waals surface area contributed by atoms with Gasteiger partial charge in [0.15, 0.2) is 0 Å². The summed E-state index contributed by atoms with van der Waals surface area (Å²) in [7, 11) is -0.366. The summed E-state index contributed by atoms with van der Waals surface area (Å²) >= 11 is 9.45. The van der Waals surface area contributed by atoms with Gasteiger partial charge in [0.25, 0.3) is 0 Å². The first-order valence-electron chi connectivity index (χ1n) is 5.53. The van der Waals surface area contributed by atoms with Gasteiger partial charge in [0.1, 0.15) is 0 Å². The lowest BCUT2D eigenvalue weighted by molar-refractivity contribution is 0.00578. The molecule has 1 heterocycles. The molecule has 1 aromatic carbocycles. The van der Waals surface area contributed by atoms with Crippen molar-refractivity contribution in [2.24, 2.45) is 0 Å². The second-order valence-corrected chi connectivity index (χ2v) is 6.64. The van der Waals surface area contributed by atoms with Crippen molar-refractivity contribution in [1.29, 1.82) is 0 Å². The highest BCUT2D eigenvalue weighted by molar-refractivity contribution is 9.10. The normalized spacial score (nSPS) is 21.9. The van der Waals surface area contributed by atoms with Crippen molar-refractivity contribution in [2.75, 3.05) is 0 Å². The summed E-state index contributed by atoms with van der Waals surface area (Å²) in [5.74, 6) is 0. The molecule has 1 aromatic rings. The van der Waals surface area contributed by atoms with E-state index in [0.717, 1.165) is 9.94 Å². The number of benzene rings is 1. The van der Waals surface area contributed by atoms with Gasteiger partial charge < -0.3 is 9.31 Å². The number of hydrogen-bond acceptors (Lipinski definition) is 2. The molecule has 5 heteroatoms. The summed E-state index contributed by atoms with van der Waals surface area (Å²) in [6.45, 7) is 8.14. The minimum Gasteiger partial charge on any atom is -0.399 e. The van der Waals surface area contributed by atoms with Gasteiger partial charge in [0, 0.05) is 9.50 Å². The van der Waals surface area contributed by atoms with Crippen molar-refractivity contribution < 1.29 is 9.31 Å². The third-order valence-corrected chi connectivity index (χ3v) is 4.09. The van der Waals surface area contributed by atoms with E-state index in [1.807, 2.05) is 45.9 Å². The van der Waals surface area contributed by atoms with Crippen LogP contribution in [0, 0.1) is 0 Å². The quantitative estimate of drug-likeness (QED) is 0.739. The Bertz CT molecular complexity index is 412. The highest BCUT2D eigenvalue weighted by atomic mass is 79.9. The van der Waals surface area contributed by atoms with Crippen molar-refractivity contribution in [2.45, 2.75) is 38.9 Å². The van der Waals surface area contributed by atoms with Gasteiger partial charge in [-0.05, 0) is 51.4 Å². The Kier molecular flexibility index (Phi) is 3.37. The fourth-order valence-corrected chi connectivity index (χ4v) is 2.58. The van der Waals surface area contributed by atoms with Crippen LogP contribution in [0.25, 0.3) is 0 Å². The molecule has 1 saturated heterocycles. The van der Waals surface area contributed by atoms with Gasteiger partial charge >= 0.3 is 7.12 Å². The lowest BCUT2D eigenvalue weighted by Crippen LogP contribution is -2.41. The molecule has 0 saturated carbocycles. The van der Waals surface area contributed by atoms with Gasteiger partial charge in [0.2, 0.25) is 0 Å². The van der Waals surface area contributed by atoms with E-state index in [2.05, 4.69) is 15.9 Å². The second-order valence-electron chi connectivity index (χ2n) is 5.29. The molecule has 17 heavy (non-hydrogen) atoms. The zero-order chi connectivity index (χ0) is 12.8. The van der Waals surface area contributed by atoms with Crippen LogP contribution in [-0.2, 0) is 9.31 Å². The van der Waals surface area contributed by atoms with Crippen molar-refractivity contribution in [1.82, 2.24) is 0 Å². The summed E-state index contributed by atoms with van der Waals surface area (Å²) in [5.41, 5.74) is 0.280. The number of hydrogen-bond donors (Lipinski definition) is 0. The Balaban J connectivity index is 2.32. The average Bonchev–Trinajstić information content (AvgIpc) is 2.34. The smallest absolute Gasteiger partial charge is 0.399 e. The lowest BCUT2D eigenvalue weighted by Gasteiger charge is -2.32. The van der Waals surface area contributed by atoms with Crippen LogP contribution in [0.4, 0.5) is 0 Å². The maximum absolute atomic E-state index is 6.03. The molecule has 1 aliphatic rings. The van der Waals surface area contributed by atoms with Gasteiger partial charge in [-0.3, -0.25) is 0 Å². The van der Waals surface area contributed by atoms with Crippen LogP contribution in [0.15, 0.2) is 22.7 Å². The Morgan fingerprint density at radius 3 is 2.06 bits per heavy atom. The fourth-order valence-electron chi connectivity index (χ4n) is 1.69. The molecular formula is C12H15BBrClO2. The maximum atomic E-state index is 6.03. The Morgan fingerprint density at radius 2 is 1.59 bits per heavy atom. The maximum Gasteiger partial charge on any atom is 0.494 e. The molecule has 2 rings (SSSR count).